The Hall–Kier alpha value is -0.0500. The van der Waals surface area contributed by atoms with E-state index in [0.29, 0.717) is 0 Å². The molecule has 1 rings (SSSR count). The maximum absolute atomic E-state index is 5.81. The van der Waals surface area contributed by atoms with Crippen LogP contribution in [0.4, 0.5) is 0 Å². The first-order valence-corrected chi connectivity index (χ1v) is 5.83. The van der Waals surface area contributed by atoms with Gasteiger partial charge in [0, 0.05) is 11.4 Å². The Morgan fingerprint density at radius 3 is 2.77 bits per heavy atom. The van der Waals surface area contributed by atoms with Gasteiger partial charge < -0.3 is 5.32 Å². The fraction of sp³-hybridized carbons (Fsp3) is 0.600. The molecule has 0 unspecified atom stereocenters. The topological polar surface area (TPSA) is 12.0 Å². The van der Waals surface area contributed by atoms with E-state index in [1.165, 1.54) is 11.3 Å². The van der Waals surface area contributed by atoms with Crippen LogP contribution in [0.5, 0.6) is 0 Å². The molecule has 0 radical (unpaired) electrons. The molecule has 3 heteroatoms. The molecule has 0 atom stereocenters. The van der Waals surface area contributed by atoms with E-state index in [0.717, 1.165) is 23.3 Å². The minimum atomic E-state index is 0.777. The van der Waals surface area contributed by atoms with Crippen molar-refractivity contribution in [3.05, 3.63) is 21.3 Å². The van der Waals surface area contributed by atoms with Crippen molar-refractivity contribution < 1.29 is 0 Å². The normalized spacial score (nSPS) is 11.1. The summed E-state index contributed by atoms with van der Waals surface area (Å²) in [5.41, 5.74) is 0. The number of hydrogen-bond acceptors (Lipinski definition) is 2. The third-order valence-corrected chi connectivity index (χ3v) is 3.06. The summed E-state index contributed by atoms with van der Waals surface area (Å²) in [4.78, 5) is 1.31. The van der Waals surface area contributed by atoms with Crippen molar-refractivity contribution in [2.75, 3.05) is 6.54 Å². The molecule has 1 heterocycles. The lowest BCUT2D eigenvalue weighted by atomic mass is 10.1. The second kappa shape index (κ2) is 5.63. The van der Waals surface area contributed by atoms with Crippen molar-refractivity contribution in [1.82, 2.24) is 5.32 Å². The molecule has 0 bridgehead atoms. The summed E-state index contributed by atoms with van der Waals surface area (Å²) in [6.07, 6.45) is 1.24. The van der Waals surface area contributed by atoms with Gasteiger partial charge in [-0.25, -0.2) is 0 Å². The van der Waals surface area contributed by atoms with Gasteiger partial charge in [-0.05, 0) is 31.0 Å². The SMILES string of the molecule is CC(C)CCNCc1ccc(Cl)s1. The highest BCUT2D eigenvalue weighted by Gasteiger charge is 1.97. The van der Waals surface area contributed by atoms with E-state index in [1.54, 1.807) is 11.3 Å². The number of thiophene rings is 1. The molecular weight excluding hydrogens is 202 g/mol. The van der Waals surface area contributed by atoms with Crippen LogP contribution in [0.2, 0.25) is 4.34 Å². The maximum Gasteiger partial charge on any atom is 0.0931 e. The average Bonchev–Trinajstić information content (AvgIpc) is 2.45. The number of nitrogens with one attached hydrogen (secondary N) is 1. The van der Waals surface area contributed by atoms with Crippen LogP contribution in [0.1, 0.15) is 25.1 Å². The molecule has 0 aliphatic heterocycles. The van der Waals surface area contributed by atoms with Gasteiger partial charge in [0.2, 0.25) is 0 Å². The Balaban J connectivity index is 2.13. The summed E-state index contributed by atoms with van der Waals surface area (Å²) in [6, 6.07) is 4.03. The summed E-state index contributed by atoms with van der Waals surface area (Å²) >= 11 is 7.46. The zero-order valence-electron chi connectivity index (χ0n) is 8.14. The molecule has 0 aliphatic carbocycles. The van der Waals surface area contributed by atoms with E-state index in [9.17, 15) is 0 Å². The summed E-state index contributed by atoms with van der Waals surface area (Å²) in [7, 11) is 0. The first kappa shape index (κ1) is 11.0. The van der Waals surface area contributed by atoms with Gasteiger partial charge in [-0.2, -0.15) is 0 Å². The van der Waals surface area contributed by atoms with Gasteiger partial charge in [0.1, 0.15) is 0 Å². The van der Waals surface area contributed by atoms with E-state index in [-0.39, 0.29) is 0 Å². The van der Waals surface area contributed by atoms with Gasteiger partial charge in [0.25, 0.3) is 0 Å². The van der Waals surface area contributed by atoms with E-state index in [2.05, 4.69) is 25.2 Å². The predicted molar refractivity (Wildman–Crippen MR) is 60.5 cm³/mol. The highest BCUT2D eigenvalue weighted by molar-refractivity contribution is 7.16. The predicted octanol–water partition coefficient (Wildman–Crippen LogP) is 3.54. The zero-order chi connectivity index (χ0) is 9.68. The van der Waals surface area contributed by atoms with E-state index in [1.807, 2.05) is 6.07 Å². The Morgan fingerprint density at radius 2 is 2.23 bits per heavy atom. The molecule has 0 fully saturated rings. The molecule has 0 amide bonds. The molecular formula is C10H16ClNS. The molecule has 1 N–H and O–H groups in total. The fourth-order valence-electron chi connectivity index (χ4n) is 1.05. The van der Waals surface area contributed by atoms with Crippen molar-refractivity contribution in [2.45, 2.75) is 26.8 Å². The van der Waals surface area contributed by atoms with Crippen LogP contribution >= 0.6 is 22.9 Å². The average molecular weight is 218 g/mol. The van der Waals surface area contributed by atoms with Gasteiger partial charge in [-0.15, -0.1) is 11.3 Å². The third-order valence-electron chi connectivity index (χ3n) is 1.83. The Kier molecular flexibility index (Phi) is 4.78. The molecule has 74 valence electrons. The molecule has 13 heavy (non-hydrogen) atoms. The summed E-state index contributed by atoms with van der Waals surface area (Å²) in [6.45, 7) is 6.52. The summed E-state index contributed by atoms with van der Waals surface area (Å²) < 4.78 is 0.876. The van der Waals surface area contributed by atoms with Gasteiger partial charge in [-0.1, -0.05) is 25.4 Å². The van der Waals surface area contributed by atoms with Crippen LogP contribution in [0, 0.1) is 5.92 Å². The monoisotopic (exact) mass is 217 g/mol. The highest BCUT2D eigenvalue weighted by Crippen LogP contribution is 2.20. The largest absolute Gasteiger partial charge is 0.312 e. The quantitative estimate of drug-likeness (QED) is 0.745. The van der Waals surface area contributed by atoms with Gasteiger partial charge in [-0.3, -0.25) is 0 Å². The molecule has 0 spiro atoms. The van der Waals surface area contributed by atoms with Gasteiger partial charge in [0.15, 0.2) is 0 Å². The fourth-order valence-corrected chi connectivity index (χ4v) is 2.11. The molecule has 0 aliphatic rings. The Morgan fingerprint density at radius 1 is 1.46 bits per heavy atom. The van der Waals surface area contributed by atoms with Crippen molar-refractivity contribution in [3.8, 4) is 0 Å². The minimum Gasteiger partial charge on any atom is -0.312 e. The van der Waals surface area contributed by atoms with Crippen LogP contribution < -0.4 is 5.32 Å². The zero-order valence-corrected chi connectivity index (χ0v) is 9.71. The smallest absolute Gasteiger partial charge is 0.0931 e. The van der Waals surface area contributed by atoms with Crippen LogP contribution in [-0.4, -0.2) is 6.54 Å². The Bertz CT molecular complexity index is 245. The van der Waals surface area contributed by atoms with Crippen molar-refractivity contribution in [2.24, 2.45) is 5.92 Å². The van der Waals surface area contributed by atoms with Gasteiger partial charge >= 0.3 is 0 Å². The number of hydrogen-bond donors (Lipinski definition) is 1. The molecule has 1 nitrogen and oxygen atoms in total. The first-order valence-electron chi connectivity index (χ1n) is 4.63. The third kappa shape index (κ3) is 4.65. The van der Waals surface area contributed by atoms with E-state index >= 15 is 0 Å². The van der Waals surface area contributed by atoms with Crippen molar-refractivity contribution >= 4 is 22.9 Å². The van der Waals surface area contributed by atoms with Crippen LogP contribution in [0.25, 0.3) is 0 Å². The van der Waals surface area contributed by atoms with Crippen LogP contribution in [-0.2, 0) is 6.54 Å². The van der Waals surface area contributed by atoms with Crippen molar-refractivity contribution in [3.63, 3.8) is 0 Å². The maximum atomic E-state index is 5.81. The first-order chi connectivity index (χ1) is 6.18. The van der Waals surface area contributed by atoms with E-state index < -0.39 is 0 Å². The molecule has 1 aromatic heterocycles. The van der Waals surface area contributed by atoms with Crippen LogP contribution in [0.15, 0.2) is 12.1 Å². The standard InChI is InChI=1S/C10H16ClNS/c1-8(2)5-6-12-7-9-3-4-10(11)13-9/h3-4,8,12H,5-7H2,1-2H3. The Labute approximate surface area is 89.1 Å². The summed E-state index contributed by atoms with van der Waals surface area (Å²) in [5, 5.41) is 3.40. The lowest BCUT2D eigenvalue weighted by molar-refractivity contribution is 0.539. The molecule has 0 saturated heterocycles. The molecule has 0 aromatic carbocycles. The second-order valence-corrected chi connectivity index (χ2v) is 5.36. The molecule has 1 aromatic rings. The van der Waals surface area contributed by atoms with Crippen molar-refractivity contribution in [1.29, 1.82) is 0 Å². The number of halogens is 1. The van der Waals surface area contributed by atoms with Gasteiger partial charge in [0.05, 0.1) is 4.34 Å². The number of rotatable bonds is 5. The molecule has 0 saturated carbocycles. The minimum absolute atomic E-state index is 0.777. The lowest BCUT2D eigenvalue weighted by Crippen LogP contribution is -2.15. The highest BCUT2D eigenvalue weighted by atomic mass is 35.5. The second-order valence-electron chi connectivity index (χ2n) is 3.57. The summed E-state index contributed by atoms with van der Waals surface area (Å²) in [5.74, 6) is 0.777. The van der Waals surface area contributed by atoms with Crippen LogP contribution in [0.3, 0.4) is 0 Å². The lowest BCUT2D eigenvalue weighted by Gasteiger charge is -2.04. The van der Waals surface area contributed by atoms with E-state index in [4.69, 9.17) is 11.6 Å².